The minimum absolute atomic E-state index is 0.0648. The van der Waals surface area contributed by atoms with Gasteiger partial charge in [-0.15, -0.1) is 0 Å². The van der Waals surface area contributed by atoms with Crippen LogP contribution in [0.1, 0.15) is 44.9 Å². The molecule has 0 aromatic carbocycles. The van der Waals surface area contributed by atoms with Crippen LogP contribution in [0.25, 0.3) is 0 Å². The van der Waals surface area contributed by atoms with Crippen LogP contribution < -0.4 is 0 Å². The summed E-state index contributed by atoms with van der Waals surface area (Å²) in [5, 5.41) is 8.79. The van der Waals surface area contributed by atoms with Crippen molar-refractivity contribution >= 4 is 11.8 Å². The molecule has 0 amide bonds. The fourth-order valence-corrected chi connectivity index (χ4v) is 2.80. The molecular weight excluding hydrogens is 192 g/mol. The summed E-state index contributed by atoms with van der Waals surface area (Å²) in [6.07, 6.45) is 5.86. The number of aliphatic carboxylic acids is 1. The lowest BCUT2D eigenvalue weighted by molar-refractivity contribution is -0.137. The van der Waals surface area contributed by atoms with Crippen molar-refractivity contribution in [2.75, 3.05) is 0 Å². The van der Waals surface area contributed by atoms with Crippen molar-refractivity contribution in [3.05, 3.63) is 11.1 Å². The van der Waals surface area contributed by atoms with Crippen molar-refractivity contribution in [2.45, 2.75) is 44.9 Å². The first kappa shape index (κ1) is 10.4. The van der Waals surface area contributed by atoms with Gasteiger partial charge in [-0.3, -0.25) is 9.59 Å². The first-order valence-corrected chi connectivity index (χ1v) is 5.65. The lowest BCUT2D eigenvalue weighted by Gasteiger charge is -2.31. The number of carbonyl (C=O) groups excluding carboxylic acids is 1. The minimum Gasteiger partial charge on any atom is -0.481 e. The van der Waals surface area contributed by atoms with Crippen molar-refractivity contribution in [1.29, 1.82) is 0 Å². The van der Waals surface area contributed by atoms with E-state index in [1.165, 1.54) is 12.0 Å². The van der Waals surface area contributed by atoms with Crippen LogP contribution in [0.15, 0.2) is 11.1 Å². The largest absolute Gasteiger partial charge is 0.481 e. The molecule has 3 nitrogen and oxygen atoms in total. The van der Waals surface area contributed by atoms with Gasteiger partial charge in [0, 0.05) is 12.0 Å². The number of carboxylic acids is 1. The van der Waals surface area contributed by atoms with Crippen molar-refractivity contribution in [1.82, 2.24) is 0 Å². The highest BCUT2D eigenvalue weighted by Crippen LogP contribution is 2.39. The molecule has 1 fully saturated rings. The Morgan fingerprint density at radius 3 is 2.80 bits per heavy atom. The Morgan fingerprint density at radius 2 is 2.07 bits per heavy atom. The lowest BCUT2D eigenvalue weighted by atomic mass is 9.73. The van der Waals surface area contributed by atoms with E-state index in [4.69, 9.17) is 5.11 Å². The third-order valence-corrected chi connectivity index (χ3v) is 3.51. The second kappa shape index (κ2) is 4.17. The summed E-state index contributed by atoms with van der Waals surface area (Å²) in [7, 11) is 0. The fraction of sp³-hybridized carbons (Fsp3) is 0.667. The summed E-state index contributed by atoms with van der Waals surface area (Å²) < 4.78 is 0. The second-order valence-corrected chi connectivity index (χ2v) is 4.48. The van der Waals surface area contributed by atoms with Gasteiger partial charge in [-0.25, -0.2) is 0 Å². The van der Waals surface area contributed by atoms with Crippen LogP contribution in [0.5, 0.6) is 0 Å². The Morgan fingerprint density at radius 1 is 1.27 bits per heavy atom. The molecule has 2 rings (SSSR count). The first-order chi connectivity index (χ1) is 7.18. The van der Waals surface area contributed by atoms with E-state index >= 15 is 0 Å². The Bertz CT molecular complexity index is 328. The molecular formula is C12H16O3. The smallest absolute Gasteiger partial charge is 0.307 e. The maximum atomic E-state index is 11.7. The topological polar surface area (TPSA) is 54.4 Å². The lowest BCUT2D eigenvalue weighted by Crippen LogP contribution is -2.23. The number of allylic oxidation sites excluding steroid dienone is 1. The van der Waals surface area contributed by atoms with Gasteiger partial charge in [-0.2, -0.15) is 0 Å². The number of hydrogen-bond donors (Lipinski definition) is 1. The maximum Gasteiger partial charge on any atom is 0.307 e. The van der Waals surface area contributed by atoms with E-state index in [1.807, 2.05) is 0 Å². The molecule has 2 aliphatic carbocycles. The number of hydrogen-bond acceptors (Lipinski definition) is 2. The van der Waals surface area contributed by atoms with Gasteiger partial charge in [0.1, 0.15) is 0 Å². The minimum atomic E-state index is -0.878. The second-order valence-electron chi connectivity index (χ2n) is 4.48. The van der Waals surface area contributed by atoms with E-state index in [0.717, 1.165) is 25.7 Å². The number of carboxylic acid groups (broad SMARTS) is 1. The van der Waals surface area contributed by atoms with Gasteiger partial charge < -0.3 is 5.11 Å². The predicted molar refractivity (Wildman–Crippen MR) is 55.5 cm³/mol. The average molecular weight is 208 g/mol. The summed E-state index contributed by atoms with van der Waals surface area (Å²) in [6.45, 7) is 0. The van der Waals surface area contributed by atoms with Crippen LogP contribution in [0.4, 0.5) is 0 Å². The van der Waals surface area contributed by atoms with Crippen LogP contribution in [0, 0.1) is 5.92 Å². The normalized spacial score (nSPS) is 26.4. The molecule has 0 saturated heterocycles. The molecule has 0 bridgehead atoms. The summed E-state index contributed by atoms with van der Waals surface area (Å²) in [5.41, 5.74) is 1.79. The maximum absolute atomic E-state index is 11.7. The fourth-order valence-electron chi connectivity index (χ4n) is 2.80. The summed E-state index contributed by atoms with van der Waals surface area (Å²) in [4.78, 5) is 22.4. The number of fused-ring (bicyclic) bond motifs is 1. The van der Waals surface area contributed by atoms with Crippen molar-refractivity contribution in [2.24, 2.45) is 5.92 Å². The molecule has 0 spiro atoms. The SMILES string of the molecule is O=C(O)CC1=C2CCCC[C@@H]2CCC1=O. The number of carbonyl (C=O) groups is 2. The van der Waals surface area contributed by atoms with E-state index in [0.29, 0.717) is 17.9 Å². The Kier molecular flexibility index (Phi) is 2.89. The summed E-state index contributed by atoms with van der Waals surface area (Å²) in [6, 6.07) is 0. The molecule has 2 aliphatic rings. The van der Waals surface area contributed by atoms with Crippen molar-refractivity contribution in [3.8, 4) is 0 Å². The molecule has 82 valence electrons. The predicted octanol–water partition coefficient (Wildman–Crippen LogP) is 2.31. The standard InChI is InChI=1S/C12H16O3/c13-11-6-5-8-3-1-2-4-9(8)10(11)7-12(14)15/h8H,1-7H2,(H,14,15)/t8-/m1/s1. The molecule has 15 heavy (non-hydrogen) atoms. The average Bonchev–Trinajstić information content (AvgIpc) is 2.22. The number of rotatable bonds is 2. The monoisotopic (exact) mass is 208 g/mol. The molecule has 0 unspecified atom stereocenters. The zero-order chi connectivity index (χ0) is 10.8. The van der Waals surface area contributed by atoms with E-state index in [2.05, 4.69) is 0 Å². The van der Waals surface area contributed by atoms with E-state index in [9.17, 15) is 9.59 Å². The molecule has 1 atom stereocenters. The van der Waals surface area contributed by atoms with E-state index in [-0.39, 0.29) is 12.2 Å². The molecule has 0 aromatic heterocycles. The van der Waals surface area contributed by atoms with Gasteiger partial charge in [0.05, 0.1) is 6.42 Å². The zero-order valence-electron chi connectivity index (χ0n) is 8.79. The highest BCUT2D eigenvalue weighted by molar-refractivity contribution is 6.00. The number of Topliss-reactive ketones (excluding diaryl/α,β-unsaturated/α-hetero) is 1. The van der Waals surface area contributed by atoms with Gasteiger partial charge >= 0.3 is 5.97 Å². The molecule has 0 aromatic rings. The highest BCUT2D eigenvalue weighted by atomic mass is 16.4. The van der Waals surface area contributed by atoms with Crippen LogP contribution in [-0.2, 0) is 9.59 Å². The third-order valence-electron chi connectivity index (χ3n) is 3.51. The van der Waals surface area contributed by atoms with E-state index < -0.39 is 5.97 Å². The van der Waals surface area contributed by atoms with Crippen LogP contribution >= 0.6 is 0 Å². The Labute approximate surface area is 89.2 Å². The molecule has 1 N–H and O–H groups in total. The summed E-state index contributed by atoms with van der Waals surface area (Å²) >= 11 is 0. The summed E-state index contributed by atoms with van der Waals surface area (Å²) in [5.74, 6) is -0.298. The van der Waals surface area contributed by atoms with Crippen molar-refractivity contribution in [3.63, 3.8) is 0 Å². The van der Waals surface area contributed by atoms with Crippen molar-refractivity contribution < 1.29 is 14.7 Å². The van der Waals surface area contributed by atoms with Gasteiger partial charge in [-0.1, -0.05) is 12.0 Å². The highest BCUT2D eigenvalue weighted by Gasteiger charge is 2.30. The van der Waals surface area contributed by atoms with Gasteiger partial charge in [0.2, 0.25) is 0 Å². The zero-order valence-corrected chi connectivity index (χ0v) is 8.79. The van der Waals surface area contributed by atoms with Gasteiger partial charge in [0.25, 0.3) is 0 Å². The van der Waals surface area contributed by atoms with Gasteiger partial charge in [0.15, 0.2) is 5.78 Å². The number of ketones is 1. The van der Waals surface area contributed by atoms with E-state index in [1.54, 1.807) is 0 Å². The first-order valence-electron chi connectivity index (χ1n) is 5.65. The molecule has 0 radical (unpaired) electrons. The van der Waals surface area contributed by atoms with Crippen LogP contribution in [0.3, 0.4) is 0 Å². The molecule has 3 heteroatoms. The van der Waals surface area contributed by atoms with Gasteiger partial charge in [-0.05, 0) is 31.6 Å². The molecule has 1 saturated carbocycles. The third kappa shape index (κ3) is 2.11. The molecule has 0 heterocycles. The molecule has 0 aliphatic heterocycles. The van der Waals surface area contributed by atoms with Crippen LogP contribution in [0.2, 0.25) is 0 Å². The Hall–Kier alpha value is -1.12. The quantitative estimate of drug-likeness (QED) is 0.757. The van der Waals surface area contributed by atoms with Crippen LogP contribution in [-0.4, -0.2) is 16.9 Å². The Balaban J connectivity index is 2.28.